The number of hydrogen-bond acceptors (Lipinski definition) is 5. The van der Waals surface area contributed by atoms with E-state index in [9.17, 15) is 4.79 Å². The quantitative estimate of drug-likeness (QED) is 0.803. The molecule has 0 atom stereocenters. The van der Waals surface area contributed by atoms with Crippen molar-refractivity contribution in [2.24, 2.45) is 0 Å². The van der Waals surface area contributed by atoms with E-state index in [0.717, 1.165) is 5.56 Å². The van der Waals surface area contributed by atoms with Crippen LogP contribution in [0.3, 0.4) is 0 Å². The molecule has 0 radical (unpaired) electrons. The molecule has 0 saturated carbocycles. The topological polar surface area (TPSA) is 81.6 Å². The Bertz CT molecular complexity index is 580. The van der Waals surface area contributed by atoms with Gasteiger partial charge in [-0.3, -0.25) is 4.79 Å². The SMILES string of the molecule is Nc1ccc2c(c1)OCC(=O)N2Cc1cnoc1. The lowest BCUT2D eigenvalue weighted by molar-refractivity contribution is -0.121. The number of fused-ring (bicyclic) bond motifs is 1. The van der Waals surface area contributed by atoms with Crippen molar-refractivity contribution < 1.29 is 14.1 Å². The Hall–Kier alpha value is -2.50. The van der Waals surface area contributed by atoms with E-state index in [1.165, 1.54) is 6.26 Å². The van der Waals surface area contributed by atoms with Crippen LogP contribution in [0, 0.1) is 0 Å². The van der Waals surface area contributed by atoms with Crippen molar-refractivity contribution in [3.8, 4) is 5.75 Å². The van der Waals surface area contributed by atoms with Gasteiger partial charge in [0.1, 0.15) is 12.0 Å². The van der Waals surface area contributed by atoms with Gasteiger partial charge in [0.2, 0.25) is 0 Å². The van der Waals surface area contributed by atoms with Gasteiger partial charge in [-0.15, -0.1) is 0 Å². The molecule has 1 aliphatic rings. The van der Waals surface area contributed by atoms with Crippen LogP contribution in [0.25, 0.3) is 0 Å². The van der Waals surface area contributed by atoms with Crippen LogP contribution in [0.2, 0.25) is 0 Å². The molecule has 2 N–H and O–H groups in total. The normalized spacial score (nSPS) is 14.2. The lowest BCUT2D eigenvalue weighted by Gasteiger charge is -2.29. The van der Waals surface area contributed by atoms with Crippen molar-refractivity contribution in [3.63, 3.8) is 0 Å². The minimum absolute atomic E-state index is 0.0156. The first kappa shape index (κ1) is 10.6. The Labute approximate surface area is 103 Å². The smallest absolute Gasteiger partial charge is 0.265 e. The van der Waals surface area contributed by atoms with Crippen molar-refractivity contribution in [1.82, 2.24) is 5.16 Å². The zero-order chi connectivity index (χ0) is 12.5. The van der Waals surface area contributed by atoms with Gasteiger partial charge in [-0.05, 0) is 12.1 Å². The summed E-state index contributed by atoms with van der Waals surface area (Å²) in [4.78, 5) is 13.5. The second-order valence-electron chi connectivity index (χ2n) is 4.03. The molecule has 0 unspecified atom stereocenters. The molecule has 0 fully saturated rings. The maximum Gasteiger partial charge on any atom is 0.265 e. The van der Waals surface area contributed by atoms with Crippen LogP contribution in [0.1, 0.15) is 5.56 Å². The number of carbonyl (C=O) groups is 1. The number of benzene rings is 1. The molecule has 1 aromatic carbocycles. The third-order valence-corrected chi connectivity index (χ3v) is 2.75. The van der Waals surface area contributed by atoms with Gasteiger partial charge >= 0.3 is 0 Å². The fraction of sp³-hybridized carbons (Fsp3) is 0.167. The van der Waals surface area contributed by atoms with E-state index in [2.05, 4.69) is 5.16 Å². The molecule has 92 valence electrons. The number of anilines is 2. The molecule has 1 aliphatic heterocycles. The molecular formula is C12H11N3O3. The fourth-order valence-electron chi connectivity index (χ4n) is 1.88. The second kappa shape index (κ2) is 4.06. The summed E-state index contributed by atoms with van der Waals surface area (Å²) in [5.74, 6) is 0.513. The summed E-state index contributed by atoms with van der Waals surface area (Å²) < 4.78 is 10.1. The summed E-state index contributed by atoms with van der Waals surface area (Å²) >= 11 is 0. The molecule has 18 heavy (non-hydrogen) atoms. The number of amides is 1. The van der Waals surface area contributed by atoms with Gasteiger partial charge in [0.15, 0.2) is 6.61 Å². The Balaban J connectivity index is 1.96. The van der Waals surface area contributed by atoms with Crippen LogP contribution in [0.4, 0.5) is 11.4 Å². The van der Waals surface area contributed by atoms with Gasteiger partial charge in [-0.25, -0.2) is 0 Å². The highest BCUT2D eigenvalue weighted by atomic mass is 16.5. The van der Waals surface area contributed by atoms with Crippen molar-refractivity contribution in [3.05, 3.63) is 36.2 Å². The molecule has 1 amide bonds. The molecule has 0 spiro atoms. The van der Waals surface area contributed by atoms with Gasteiger partial charge in [0, 0.05) is 17.3 Å². The third kappa shape index (κ3) is 1.77. The van der Waals surface area contributed by atoms with Crippen molar-refractivity contribution in [2.45, 2.75) is 6.54 Å². The number of nitrogen functional groups attached to an aromatic ring is 1. The average molecular weight is 245 g/mol. The number of rotatable bonds is 2. The predicted molar refractivity (Wildman–Crippen MR) is 64.0 cm³/mol. The number of nitrogens with zero attached hydrogens (tertiary/aromatic N) is 2. The highest BCUT2D eigenvalue weighted by molar-refractivity contribution is 5.98. The van der Waals surface area contributed by atoms with Crippen LogP contribution in [0.15, 0.2) is 35.2 Å². The Morgan fingerprint density at radius 1 is 1.44 bits per heavy atom. The van der Waals surface area contributed by atoms with Gasteiger partial charge in [0.25, 0.3) is 5.91 Å². The third-order valence-electron chi connectivity index (χ3n) is 2.75. The minimum atomic E-state index is -0.103. The zero-order valence-corrected chi connectivity index (χ0v) is 9.50. The molecule has 3 rings (SSSR count). The highest BCUT2D eigenvalue weighted by Crippen LogP contribution is 2.34. The van der Waals surface area contributed by atoms with Crippen LogP contribution >= 0.6 is 0 Å². The van der Waals surface area contributed by atoms with E-state index in [1.54, 1.807) is 29.3 Å². The summed E-state index contributed by atoms with van der Waals surface area (Å²) in [5.41, 5.74) is 7.83. The predicted octanol–water partition coefficient (Wildman–Crippen LogP) is 1.18. The molecule has 0 bridgehead atoms. The fourth-order valence-corrected chi connectivity index (χ4v) is 1.88. The highest BCUT2D eigenvalue weighted by Gasteiger charge is 2.25. The summed E-state index contributed by atoms with van der Waals surface area (Å²) in [6.07, 6.45) is 3.10. The molecule has 6 nitrogen and oxygen atoms in total. The number of carbonyl (C=O) groups excluding carboxylic acids is 1. The molecule has 1 aromatic heterocycles. The molecule has 0 saturated heterocycles. The Morgan fingerprint density at radius 2 is 2.33 bits per heavy atom. The summed E-state index contributed by atoms with van der Waals surface area (Å²) in [7, 11) is 0. The largest absolute Gasteiger partial charge is 0.481 e. The van der Waals surface area contributed by atoms with E-state index in [-0.39, 0.29) is 12.5 Å². The number of ether oxygens (including phenoxy) is 1. The van der Waals surface area contributed by atoms with Crippen molar-refractivity contribution in [1.29, 1.82) is 0 Å². The number of nitrogens with two attached hydrogens (primary N) is 1. The average Bonchev–Trinajstić information content (AvgIpc) is 2.86. The molecule has 2 heterocycles. The molecule has 2 aromatic rings. The van der Waals surface area contributed by atoms with Gasteiger partial charge in [-0.2, -0.15) is 0 Å². The molecule has 0 aliphatic carbocycles. The first-order chi connectivity index (χ1) is 8.74. The van der Waals surface area contributed by atoms with E-state index >= 15 is 0 Å². The van der Waals surface area contributed by atoms with Crippen LogP contribution in [-0.2, 0) is 11.3 Å². The van der Waals surface area contributed by atoms with Gasteiger partial charge < -0.3 is 19.9 Å². The number of hydrogen-bond donors (Lipinski definition) is 1. The summed E-state index contributed by atoms with van der Waals surface area (Å²) in [5, 5.41) is 3.62. The van der Waals surface area contributed by atoms with Gasteiger partial charge in [-0.1, -0.05) is 5.16 Å². The molecular weight excluding hydrogens is 234 g/mol. The van der Waals surface area contributed by atoms with Crippen molar-refractivity contribution in [2.75, 3.05) is 17.2 Å². The van der Waals surface area contributed by atoms with E-state index in [0.29, 0.717) is 23.7 Å². The Kier molecular flexibility index (Phi) is 2.40. The summed E-state index contributed by atoms with van der Waals surface area (Å²) in [6, 6.07) is 5.22. The van der Waals surface area contributed by atoms with Crippen LogP contribution in [0.5, 0.6) is 5.75 Å². The lowest BCUT2D eigenvalue weighted by atomic mass is 10.2. The van der Waals surface area contributed by atoms with E-state index in [1.807, 2.05) is 0 Å². The van der Waals surface area contributed by atoms with Crippen LogP contribution in [-0.4, -0.2) is 17.7 Å². The molecule has 6 heteroatoms. The lowest BCUT2D eigenvalue weighted by Crippen LogP contribution is -2.38. The first-order valence-electron chi connectivity index (χ1n) is 5.45. The van der Waals surface area contributed by atoms with Crippen LogP contribution < -0.4 is 15.4 Å². The Morgan fingerprint density at radius 3 is 3.11 bits per heavy atom. The van der Waals surface area contributed by atoms with Crippen molar-refractivity contribution >= 4 is 17.3 Å². The minimum Gasteiger partial charge on any atom is -0.481 e. The summed E-state index contributed by atoms with van der Waals surface area (Å²) in [6.45, 7) is 0.421. The first-order valence-corrected chi connectivity index (χ1v) is 5.45. The maximum atomic E-state index is 11.9. The standard InChI is InChI=1S/C12H11N3O3/c13-9-1-2-10-11(3-9)17-7-12(16)15(10)5-8-4-14-18-6-8/h1-4,6H,5,7,13H2. The maximum absolute atomic E-state index is 11.9. The van der Waals surface area contributed by atoms with Gasteiger partial charge in [0.05, 0.1) is 18.4 Å². The van der Waals surface area contributed by atoms with E-state index in [4.69, 9.17) is 15.0 Å². The van der Waals surface area contributed by atoms with E-state index < -0.39 is 0 Å². The monoisotopic (exact) mass is 245 g/mol. The zero-order valence-electron chi connectivity index (χ0n) is 9.50. The second-order valence-corrected chi connectivity index (χ2v) is 4.03. The number of aromatic nitrogens is 1.